The monoisotopic (exact) mass is 456 g/mol. The molecule has 0 aliphatic rings. The average Bonchev–Trinajstić information content (AvgIpc) is 2.78. The first-order chi connectivity index (χ1) is 15.6. The molecule has 0 heterocycles. The van der Waals surface area contributed by atoms with Crippen LogP contribution in [0.2, 0.25) is 0 Å². The highest BCUT2D eigenvalue weighted by Crippen LogP contribution is 2.31. The van der Waals surface area contributed by atoms with Crippen molar-refractivity contribution in [3.63, 3.8) is 0 Å². The molecule has 0 saturated heterocycles. The van der Waals surface area contributed by atoms with E-state index in [4.69, 9.17) is 4.74 Å². The standard InChI is InChI=1S/C27H37FN2O3/c1-7-19(3)29-26(32)23(8-2)30(17-20-13-15-21(28)16-14-20)25(31)18-33-24-12-10-9-11-22(24)27(4,5)6/h9-16,19,23H,7-8,17-18H2,1-6H3,(H,29,32)/t19-,23+/m1/s1. The summed E-state index contributed by atoms with van der Waals surface area (Å²) in [4.78, 5) is 27.9. The highest BCUT2D eigenvalue weighted by Gasteiger charge is 2.30. The van der Waals surface area contributed by atoms with Gasteiger partial charge < -0.3 is 15.0 Å². The molecule has 5 nitrogen and oxygen atoms in total. The number of hydrogen-bond acceptors (Lipinski definition) is 3. The Labute approximate surface area is 197 Å². The molecule has 2 aromatic carbocycles. The van der Waals surface area contributed by atoms with Gasteiger partial charge in [-0.3, -0.25) is 9.59 Å². The van der Waals surface area contributed by atoms with Crippen LogP contribution in [-0.2, 0) is 21.5 Å². The molecule has 6 heteroatoms. The Bertz CT molecular complexity index is 922. The molecule has 2 rings (SSSR count). The maximum absolute atomic E-state index is 13.4. The van der Waals surface area contributed by atoms with E-state index < -0.39 is 6.04 Å². The number of carbonyl (C=O) groups is 2. The minimum absolute atomic E-state index is 0.00392. The second-order valence-corrected chi connectivity index (χ2v) is 9.42. The van der Waals surface area contributed by atoms with Crippen LogP contribution in [0.5, 0.6) is 5.75 Å². The van der Waals surface area contributed by atoms with Crippen molar-refractivity contribution in [2.24, 2.45) is 0 Å². The van der Waals surface area contributed by atoms with Crippen LogP contribution in [0, 0.1) is 5.82 Å². The van der Waals surface area contributed by atoms with Crippen LogP contribution in [0.1, 0.15) is 65.5 Å². The van der Waals surface area contributed by atoms with Crippen molar-refractivity contribution < 1.29 is 18.7 Å². The van der Waals surface area contributed by atoms with Gasteiger partial charge in [0, 0.05) is 12.6 Å². The van der Waals surface area contributed by atoms with Crippen molar-refractivity contribution in [2.75, 3.05) is 6.61 Å². The molecule has 2 atom stereocenters. The lowest BCUT2D eigenvalue weighted by Crippen LogP contribution is -2.51. The zero-order valence-corrected chi connectivity index (χ0v) is 20.7. The summed E-state index contributed by atoms with van der Waals surface area (Å²) in [6.07, 6.45) is 1.24. The van der Waals surface area contributed by atoms with Crippen molar-refractivity contribution in [2.45, 2.75) is 78.4 Å². The molecule has 0 spiro atoms. The zero-order chi connectivity index (χ0) is 24.6. The third-order valence-corrected chi connectivity index (χ3v) is 5.70. The third kappa shape index (κ3) is 7.58. The number of benzene rings is 2. The number of carbonyl (C=O) groups excluding carboxylic acids is 2. The predicted molar refractivity (Wildman–Crippen MR) is 130 cm³/mol. The summed E-state index contributed by atoms with van der Waals surface area (Å²) in [5.41, 5.74) is 1.61. The quantitative estimate of drug-likeness (QED) is 0.533. The van der Waals surface area contributed by atoms with Crippen LogP contribution in [0.25, 0.3) is 0 Å². The molecule has 0 bridgehead atoms. The molecular weight excluding hydrogens is 419 g/mol. The van der Waals surface area contributed by atoms with Crippen molar-refractivity contribution in [3.8, 4) is 5.75 Å². The molecule has 33 heavy (non-hydrogen) atoms. The van der Waals surface area contributed by atoms with Gasteiger partial charge in [-0.15, -0.1) is 0 Å². The fourth-order valence-corrected chi connectivity index (χ4v) is 3.58. The van der Waals surface area contributed by atoms with E-state index >= 15 is 0 Å². The second-order valence-electron chi connectivity index (χ2n) is 9.42. The maximum Gasteiger partial charge on any atom is 0.261 e. The number of nitrogens with one attached hydrogen (secondary N) is 1. The van der Waals surface area contributed by atoms with E-state index in [0.717, 1.165) is 17.5 Å². The van der Waals surface area contributed by atoms with Gasteiger partial charge in [-0.1, -0.05) is 65.0 Å². The van der Waals surface area contributed by atoms with Crippen LogP contribution in [0.3, 0.4) is 0 Å². The van der Waals surface area contributed by atoms with Gasteiger partial charge in [0.2, 0.25) is 5.91 Å². The molecule has 0 aromatic heterocycles. The van der Waals surface area contributed by atoms with Gasteiger partial charge in [0.1, 0.15) is 17.6 Å². The summed E-state index contributed by atoms with van der Waals surface area (Å²) in [7, 11) is 0. The van der Waals surface area contributed by atoms with E-state index in [9.17, 15) is 14.0 Å². The molecule has 2 aromatic rings. The van der Waals surface area contributed by atoms with Gasteiger partial charge in [-0.2, -0.15) is 0 Å². The maximum atomic E-state index is 13.4. The summed E-state index contributed by atoms with van der Waals surface area (Å²) in [5, 5.41) is 2.98. The molecule has 1 N–H and O–H groups in total. The van der Waals surface area contributed by atoms with Gasteiger partial charge >= 0.3 is 0 Å². The fourth-order valence-electron chi connectivity index (χ4n) is 3.58. The highest BCUT2D eigenvalue weighted by atomic mass is 19.1. The number of nitrogens with zero attached hydrogens (tertiary/aromatic N) is 1. The number of hydrogen-bond donors (Lipinski definition) is 1. The number of ether oxygens (including phenoxy) is 1. The zero-order valence-electron chi connectivity index (χ0n) is 20.7. The average molecular weight is 457 g/mol. The van der Waals surface area contributed by atoms with Crippen LogP contribution < -0.4 is 10.1 Å². The molecule has 0 aliphatic carbocycles. The molecule has 2 amide bonds. The lowest BCUT2D eigenvalue weighted by molar-refractivity contribution is -0.143. The summed E-state index contributed by atoms with van der Waals surface area (Å²) in [5.74, 6) is -0.191. The first-order valence-electron chi connectivity index (χ1n) is 11.6. The smallest absolute Gasteiger partial charge is 0.261 e. The number of rotatable bonds is 10. The fraction of sp³-hybridized carbons (Fsp3) is 0.481. The largest absolute Gasteiger partial charge is 0.483 e. The van der Waals surface area contributed by atoms with E-state index in [1.807, 2.05) is 45.0 Å². The SMILES string of the molecule is CC[C@@H](C)NC(=O)[C@H](CC)N(Cc1ccc(F)cc1)C(=O)COc1ccccc1C(C)(C)C. The van der Waals surface area contributed by atoms with Gasteiger partial charge in [-0.05, 0) is 54.5 Å². The van der Waals surface area contributed by atoms with E-state index in [-0.39, 0.29) is 42.2 Å². The molecule has 0 aliphatic heterocycles. The van der Waals surface area contributed by atoms with Crippen LogP contribution in [0.15, 0.2) is 48.5 Å². The van der Waals surface area contributed by atoms with Gasteiger partial charge in [0.15, 0.2) is 6.61 Å². The Morgan fingerprint density at radius 2 is 1.67 bits per heavy atom. The third-order valence-electron chi connectivity index (χ3n) is 5.70. The van der Waals surface area contributed by atoms with Crippen LogP contribution >= 0.6 is 0 Å². The van der Waals surface area contributed by atoms with E-state index in [1.165, 1.54) is 17.0 Å². The molecule has 180 valence electrons. The summed E-state index contributed by atoms with van der Waals surface area (Å²) in [6.45, 7) is 12.1. The van der Waals surface area contributed by atoms with Crippen LogP contribution in [0.4, 0.5) is 4.39 Å². The Hall–Kier alpha value is -2.89. The molecule has 0 fully saturated rings. The van der Waals surface area contributed by atoms with Crippen LogP contribution in [-0.4, -0.2) is 35.4 Å². The molecule has 0 unspecified atom stereocenters. The number of amides is 2. The van der Waals surface area contributed by atoms with Crippen molar-refractivity contribution in [1.82, 2.24) is 10.2 Å². The minimum Gasteiger partial charge on any atom is -0.483 e. The predicted octanol–water partition coefficient (Wildman–Crippen LogP) is 5.22. The lowest BCUT2D eigenvalue weighted by atomic mass is 9.86. The van der Waals surface area contributed by atoms with E-state index in [0.29, 0.717) is 12.2 Å². The lowest BCUT2D eigenvalue weighted by Gasteiger charge is -2.31. The molecular formula is C27H37FN2O3. The van der Waals surface area contributed by atoms with Crippen molar-refractivity contribution in [1.29, 1.82) is 0 Å². The minimum atomic E-state index is -0.655. The first-order valence-corrected chi connectivity index (χ1v) is 11.6. The van der Waals surface area contributed by atoms with Gasteiger partial charge in [0.05, 0.1) is 0 Å². The molecule has 0 radical (unpaired) electrons. The Kier molecular flexibility index (Phi) is 9.44. The Morgan fingerprint density at radius 1 is 1.03 bits per heavy atom. The highest BCUT2D eigenvalue weighted by molar-refractivity contribution is 5.88. The van der Waals surface area contributed by atoms with E-state index in [2.05, 4.69) is 26.1 Å². The normalized spacial score (nSPS) is 13.2. The first kappa shape index (κ1) is 26.4. The van der Waals surface area contributed by atoms with Gasteiger partial charge in [0.25, 0.3) is 5.91 Å². The number of para-hydroxylation sites is 1. The Balaban J connectivity index is 2.27. The summed E-state index contributed by atoms with van der Waals surface area (Å²) < 4.78 is 19.4. The van der Waals surface area contributed by atoms with Gasteiger partial charge in [-0.25, -0.2) is 4.39 Å². The topological polar surface area (TPSA) is 58.6 Å². The number of halogens is 1. The molecule has 0 saturated carbocycles. The van der Waals surface area contributed by atoms with E-state index in [1.54, 1.807) is 12.1 Å². The second kappa shape index (κ2) is 11.8. The Morgan fingerprint density at radius 3 is 2.24 bits per heavy atom. The summed E-state index contributed by atoms with van der Waals surface area (Å²) in [6, 6.07) is 13.0. The van der Waals surface area contributed by atoms with Crippen molar-refractivity contribution >= 4 is 11.8 Å². The van der Waals surface area contributed by atoms with Crippen molar-refractivity contribution in [3.05, 3.63) is 65.5 Å². The summed E-state index contributed by atoms with van der Waals surface area (Å²) >= 11 is 0.